The fraction of sp³-hybridized carbons (Fsp3) is 0.143. The Morgan fingerprint density at radius 3 is 2.79 bits per heavy atom. The summed E-state index contributed by atoms with van der Waals surface area (Å²) < 4.78 is 19.9. The van der Waals surface area contributed by atoms with Crippen molar-refractivity contribution >= 4 is 23.3 Å². The largest absolute Gasteiger partial charge is 0.491 e. The number of urea groups is 1. The van der Waals surface area contributed by atoms with Crippen LogP contribution < -0.4 is 10.1 Å². The summed E-state index contributed by atoms with van der Waals surface area (Å²) in [6, 6.07) is 13.8. The molecule has 0 unspecified atom stereocenters. The second kappa shape index (κ2) is 7.86. The molecule has 3 aromatic rings. The van der Waals surface area contributed by atoms with Crippen LogP contribution >= 0.6 is 11.6 Å². The summed E-state index contributed by atoms with van der Waals surface area (Å²) in [4.78, 5) is 18.3. The molecule has 2 heterocycles. The second-order valence-corrected chi connectivity index (χ2v) is 6.77. The number of benzene rings is 2. The van der Waals surface area contributed by atoms with Crippen LogP contribution in [0.1, 0.15) is 5.56 Å². The van der Waals surface area contributed by atoms with Crippen molar-refractivity contribution in [3.63, 3.8) is 0 Å². The van der Waals surface area contributed by atoms with E-state index in [0.29, 0.717) is 19.7 Å². The lowest BCUT2D eigenvalue weighted by molar-refractivity contribution is 0.200. The first-order valence-electron chi connectivity index (χ1n) is 8.78. The topological polar surface area (TPSA) is 54.5 Å². The minimum Gasteiger partial charge on any atom is -0.491 e. The zero-order valence-electron chi connectivity index (χ0n) is 14.9. The third-order valence-corrected chi connectivity index (χ3v) is 4.83. The molecule has 1 aromatic heterocycles. The number of fused-ring (bicyclic) bond motifs is 1. The van der Waals surface area contributed by atoms with Crippen LogP contribution in [-0.2, 0) is 6.54 Å². The Morgan fingerprint density at radius 2 is 1.96 bits per heavy atom. The van der Waals surface area contributed by atoms with E-state index in [4.69, 9.17) is 16.3 Å². The third-order valence-electron chi connectivity index (χ3n) is 4.53. The number of rotatable bonds is 2. The maximum absolute atomic E-state index is 14.1. The van der Waals surface area contributed by atoms with Gasteiger partial charge in [-0.05, 0) is 47.5 Å². The SMILES string of the molecule is O=C(Nc1cccc(Cl)c1F)N1CCOc2ccc(-c3ccncc3)cc2C1. The Bertz CT molecular complexity index is 1010. The molecule has 1 aliphatic heterocycles. The van der Waals surface area contributed by atoms with Crippen LogP contribution in [0.2, 0.25) is 5.02 Å². The van der Waals surface area contributed by atoms with E-state index in [1.54, 1.807) is 23.4 Å². The van der Waals surface area contributed by atoms with E-state index >= 15 is 0 Å². The average molecular weight is 398 g/mol. The first-order valence-corrected chi connectivity index (χ1v) is 9.15. The Hall–Kier alpha value is -3.12. The van der Waals surface area contributed by atoms with Crippen LogP contribution in [0.5, 0.6) is 5.75 Å². The standard InChI is InChI=1S/C21H17ClFN3O2/c22-17-2-1-3-18(20(17)23)25-21(27)26-10-11-28-19-5-4-15(12-16(19)13-26)14-6-8-24-9-7-14/h1-9,12H,10-11,13H2,(H,25,27). The molecule has 5 nitrogen and oxygen atoms in total. The van der Waals surface area contributed by atoms with Crippen LogP contribution in [0.15, 0.2) is 60.9 Å². The molecule has 0 saturated heterocycles. The third kappa shape index (κ3) is 3.77. The van der Waals surface area contributed by atoms with Crippen LogP contribution in [-0.4, -0.2) is 29.1 Å². The molecule has 142 valence electrons. The van der Waals surface area contributed by atoms with Crippen molar-refractivity contribution < 1.29 is 13.9 Å². The summed E-state index contributed by atoms with van der Waals surface area (Å²) in [6.07, 6.45) is 3.47. The van der Waals surface area contributed by atoms with Gasteiger partial charge in [0.1, 0.15) is 12.4 Å². The van der Waals surface area contributed by atoms with Gasteiger partial charge in [-0.1, -0.05) is 23.7 Å². The highest BCUT2D eigenvalue weighted by Crippen LogP contribution is 2.29. The quantitative estimate of drug-likeness (QED) is 0.664. The number of pyridine rings is 1. The van der Waals surface area contributed by atoms with Crippen molar-refractivity contribution in [3.8, 4) is 16.9 Å². The fourth-order valence-electron chi connectivity index (χ4n) is 3.09. The number of halogens is 2. The normalized spacial score (nSPS) is 13.3. The number of carbonyl (C=O) groups excluding carboxylic acids is 1. The lowest BCUT2D eigenvalue weighted by atomic mass is 10.0. The number of anilines is 1. The first kappa shape index (κ1) is 18.3. The molecule has 2 amide bonds. The van der Waals surface area contributed by atoms with E-state index in [2.05, 4.69) is 10.3 Å². The molecule has 0 radical (unpaired) electrons. The van der Waals surface area contributed by atoms with Gasteiger partial charge in [-0.2, -0.15) is 0 Å². The fourth-order valence-corrected chi connectivity index (χ4v) is 3.26. The summed E-state index contributed by atoms with van der Waals surface area (Å²) in [5, 5.41) is 2.55. The van der Waals surface area contributed by atoms with Gasteiger partial charge in [0.15, 0.2) is 5.82 Å². The summed E-state index contributed by atoms with van der Waals surface area (Å²) in [5.74, 6) is 0.0889. The van der Waals surface area contributed by atoms with Gasteiger partial charge < -0.3 is 15.0 Å². The molecule has 28 heavy (non-hydrogen) atoms. The molecule has 0 saturated carbocycles. The van der Waals surface area contributed by atoms with E-state index in [9.17, 15) is 9.18 Å². The number of hydrogen-bond acceptors (Lipinski definition) is 3. The van der Waals surface area contributed by atoms with Crippen LogP contribution in [0, 0.1) is 5.82 Å². The number of hydrogen-bond donors (Lipinski definition) is 1. The molecule has 0 fully saturated rings. The predicted molar refractivity (Wildman–Crippen MR) is 106 cm³/mol. The van der Waals surface area contributed by atoms with E-state index in [1.807, 2.05) is 30.3 Å². The zero-order chi connectivity index (χ0) is 19.5. The van der Waals surface area contributed by atoms with Gasteiger partial charge in [0, 0.05) is 18.0 Å². The van der Waals surface area contributed by atoms with E-state index in [-0.39, 0.29) is 10.7 Å². The molecule has 0 atom stereocenters. The van der Waals surface area contributed by atoms with Gasteiger partial charge in [-0.15, -0.1) is 0 Å². The Morgan fingerprint density at radius 1 is 1.14 bits per heavy atom. The van der Waals surface area contributed by atoms with Crippen LogP contribution in [0.3, 0.4) is 0 Å². The second-order valence-electron chi connectivity index (χ2n) is 6.36. The van der Waals surface area contributed by atoms with Crippen molar-refractivity contribution in [1.82, 2.24) is 9.88 Å². The Balaban J connectivity index is 1.57. The summed E-state index contributed by atoms with van der Waals surface area (Å²) in [6.45, 7) is 1.09. The number of nitrogens with zero attached hydrogens (tertiary/aromatic N) is 2. The molecule has 1 N–H and O–H groups in total. The van der Waals surface area contributed by atoms with Gasteiger partial charge in [0.2, 0.25) is 0 Å². The lowest BCUT2D eigenvalue weighted by Gasteiger charge is -2.21. The molecule has 1 aliphatic rings. The number of amides is 2. The molecule has 7 heteroatoms. The summed E-state index contributed by atoms with van der Waals surface area (Å²) in [7, 11) is 0. The zero-order valence-corrected chi connectivity index (χ0v) is 15.6. The summed E-state index contributed by atoms with van der Waals surface area (Å²) in [5.41, 5.74) is 2.97. The molecular weight excluding hydrogens is 381 g/mol. The van der Waals surface area contributed by atoms with Crippen LogP contribution in [0.4, 0.5) is 14.9 Å². The maximum atomic E-state index is 14.1. The molecule has 4 rings (SSSR count). The van der Waals surface area contributed by atoms with Crippen molar-refractivity contribution in [2.75, 3.05) is 18.5 Å². The van der Waals surface area contributed by atoms with E-state index in [1.165, 1.54) is 12.1 Å². The van der Waals surface area contributed by atoms with E-state index < -0.39 is 11.8 Å². The van der Waals surface area contributed by atoms with Crippen molar-refractivity contribution in [2.24, 2.45) is 0 Å². The average Bonchev–Trinajstić information content (AvgIpc) is 2.94. The van der Waals surface area contributed by atoms with Crippen molar-refractivity contribution in [2.45, 2.75) is 6.54 Å². The van der Waals surface area contributed by atoms with Gasteiger partial charge >= 0.3 is 6.03 Å². The molecule has 2 aromatic carbocycles. The molecule has 0 spiro atoms. The highest BCUT2D eigenvalue weighted by molar-refractivity contribution is 6.31. The summed E-state index contributed by atoms with van der Waals surface area (Å²) >= 11 is 5.79. The van der Waals surface area contributed by atoms with Crippen LogP contribution in [0.25, 0.3) is 11.1 Å². The minimum absolute atomic E-state index is 0.0376. The van der Waals surface area contributed by atoms with Gasteiger partial charge in [0.05, 0.1) is 23.8 Å². The highest BCUT2D eigenvalue weighted by atomic mass is 35.5. The lowest BCUT2D eigenvalue weighted by Crippen LogP contribution is -2.36. The Kier molecular flexibility index (Phi) is 5.12. The van der Waals surface area contributed by atoms with Gasteiger partial charge in [-0.25, -0.2) is 9.18 Å². The predicted octanol–water partition coefficient (Wildman–Crippen LogP) is 4.97. The van der Waals surface area contributed by atoms with E-state index in [0.717, 1.165) is 22.4 Å². The van der Waals surface area contributed by atoms with Gasteiger partial charge in [0.25, 0.3) is 0 Å². The Labute approximate surface area is 166 Å². The number of aromatic nitrogens is 1. The highest BCUT2D eigenvalue weighted by Gasteiger charge is 2.21. The maximum Gasteiger partial charge on any atom is 0.322 e. The monoisotopic (exact) mass is 397 g/mol. The van der Waals surface area contributed by atoms with Crippen molar-refractivity contribution in [3.05, 3.63) is 77.3 Å². The molecule has 0 aliphatic carbocycles. The van der Waals surface area contributed by atoms with Crippen molar-refractivity contribution in [1.29, 1.82) is 0 Å². The first-order chi connectivity index (χ1) is 13.6. The number of ether oxygens (including phenoxy) is 1. The van der Waals surface area contributed by atoms with Gasteiger partial charge in [-0.3, -0.25) is 4.98 Å². The molecule has 0 bridgehead atoms. The molecular formula is C21H17ClFN3O2. The number of nitrogens with one attached hydrogen (secondary N) is 1. The number of carbonyl (C=O) groups is 1. The smallest absolute Gasteiger partial charge is 0.322 e. The minimum atomic E-state index is -0.649.